The van der Waals surface area contributed by atoms with Crippen LogP contribution in [0.4, 0.5) is 0 Å². The minimum atomic E-state index is -1.23. The Balaban J connectivity index is 4.26. The summed E-state index contributed by atoms with van der Waals surface area (Å²) in [6.07, 6.45) is -1.06. The largest absolute Gasteiger partial charge is 0.481 e. The number of hydrogen-bond acceptors (Lipinski definition) is 4. The number of ether oxygens (including phenoxy) is 1. The quantitative estimate of drug-likeness (QED) is 0.578. The summed E-state index contributed by atoms with van der Waals surface area (Å²) in [7, 11) is 1.08. The van der Waals surface area contributed by atoms with Crippen LogP contribution in [0, 0.1) is 5.92 Å². The van der Waals surface area contributed by atoms with Crippen LogP contribution in [0.3, 0.4) is 0 Å². The summed E-state index contributed by atoms with van der Waals surface area (Å²) in [4.78, 5) is 31.3. The molecule has 6 nitrogen and oxygen atoms in total. The number of carbonyl (C=O) groups excluding carboxylic acids is 1. The first-order valence-electron chi connectivity index (χ1n) is 3.48. The summed E-state index contributed by atoms with van der Waals surface area (Å²) >= 11 is 0. The predicted octanol–water partition coefficient (Wildman–Crippen LogP) is -0.275. The molecule has 0 fully saturated rings. The molecule has 0 aromatic heterocycles. The van der Waals surface area contributed by atoms with E-state index in [-0.39, 0.29) is 0 Å². The second-order valence-electron chi connectivity index (χ2n) is 2.42. The Morgan fingerprint density at radius 3 is 1.77 bits per heavy atom. The lowest BCUT2D eigenvalue weighted by Crippen LogP contribution is -2.22. The summed E-state index contributed by atoms with van der Waals surface area (Å²) in [5.41, 5.74) is 0. The average molecular weight is 190 g/mol. The third kappa shape index (κ3) is 4.78. The minimum absolute atomic E-state index is 0.529. The maximum atomic E-state index is 10.8. The molecule has 0 radical (unpaired) electrons. The topological polar surface area (TPSA) is 101 Å². The second kappa shape index (κ2) is 5.13. The zero-order valence-electron chi connectivity index (χ0n) is 7.02. The molecule has 0 aliphatic heterocycles. The molecule has 0 aliphatic carbocycles. The summed E-state index contributed by atoms with van der Waals surface area (Å²) in [6.45, 7) is 0. The van der Waals surface area contributed by atoms with Crippen molar-refractivity contribution < 1.29 is 29.3 Å². The molecule has 0 atom stereocenters. The van der Waals surface area contributed by atoms with Gasteiger partial charge in [0.05, 0.1) is 25.9 Å². The van der Waals surface area contributed by atoms with Gasteiger partial charge in [0, 0.05) is 0 Å². The molecule has 0 heterocycles. The molecular formula is C7H10O6. The van der Waals surface area contributed by atoms with Gasteiger partial charge in [-0.05, 0) is 0 Å². The fourth-order valence-electron chi connectivity index (χ4n) is 0.827. The summed E-state index contributed by atoms with van der Waals surface area (Å²) in [5, 5.41) is 16.7. The lowest BCUT2D eigenvalue weighted by Gasteiger charge is -2.08. The summed E-state index contributed by atoms with van der Waals surface area (Å²) < 4.78 is 4.25. The Kier molecular flexibility index (Phi) is 4.50. The first-order chi connectivity index (χ1) is 5.97. The van der Waals surface area contributed by atoms with Gasteiger partial charge >= 0.3 is 17.9 Å². The highest BCUT2D eigenvalue weighted by molar-refractivity contribution is 5.83. The molecule has 0 aliphatic rings. The molecule has 0 bridgehead atoms. The van der Waals surface area contributed by atoms with Gasteiger partial charge in [-0.2, -0.15) is 0 Å². The smallest absolute Gasteiger partial charge is 0.309 e. The molecule has 0 aromatic carbocycles. The number of carboxylic acid groups (broad SMARTS) is 2. The summed E-state index contributed by atoms with van der Waals surface area (Å²) in [6, 6.07) is 0. The lowest BCUT2D eigenvalue weighted by molar-refractivity contribution is -0.154. The van der Waals surface area contributed by atoms with Crippen molar-refractivity contribution in [3.05, 3.63) is 0 Å². The molecule has 0 unspecified atom stereocenters. The number of esters is 1. The molecule has 0 saturated carbocycles. The van der Waals surface area contributed by atoms with Gasteiger partial charge in [0.1, 0.15) is 0 Å². The van der Waals surface area contributed by atoms with Crippen LogP contribution in [-0.4, -0.2) is 35.2 Å². The van der Waals surface area contributed by atoms with E-state index in [1.165, 1.54) is 0 Å². The molecule has 0 aromatic rings. The molecule has 0 spiro atoms. The Morgan fingerprint density at radius 2 is 1.54 bits per heavy atom. The van der Waals surface area contributed by atoms with E-state index in [0.29, 0.717) is 0 Å². The predicted molar refractivity (Wildman–Crippen MR) is 40.0 cm³/mol. The van der Waals surface area contributed by atoms with Gasteiger partial charge in [-0.15, -0.1) is 0 Å². The number of rotatable bonds is 5. The highest BCUT2D eigenvalue weighted by Crippen LogP contribution is 2.10. The molecule has 0 rings (SSSR count). The van der Waals surface area contributed by atoms with E-state index in [1.54, 1.807) is 0 Å². The van der Waals surface area contributed by atoms with Gasteiger partial charge < -0.3 is 14.9 Å². The van der Waals surface area contributed by atoms with E-state index >= 15 is 0 Å². The van der Waals surface area contributed by atoms with Crippen LogP contribution in [0.1, 0.15) is 12.8 Å². The first-order valence-corrected chi connectivity index (χ1v) is 3.48. The van der Waals surface area contributed by atoms with E-state index < -0.39 is 36.7 Å². The molecule has 0 saturated heterocycles. The molecule has 0 amide bonds. The highest BCUT2D eigenvalue weighted by Gasteiger charge is 2.24. The zero-order valence-corrected chi connectivity index (χ0v) is 7.02. The minimum Gasteiger partial charge on any atom is -0.481 e. The van der Waals surface area contributed by atoms with Crippen molar-refractivity contribution in [3.63, 3.8) is 0 Å². The van der Waals surface area contributed by atoms with Crippen molar-refractivity contribution in [2.45, 2.75) is 12.8 Å². The fraction of sp³-hybridized carbons (Fsp3) is 0.571. The van der Waals surface area contributed by atoms with E-state index in [4.69, 9.17) is 10.2 Å². The molecule has 2 N–H and O–H groups in total. The monoisotopic (exact) mass is 190 g/mol. The van der Waals surface area contributed by atoms with Crippen LogP contribution in [0.5, 0.6) is 0 Å². The third-order valence-electron chi connectivity index (χ3n) is 1.38. The van der Waals surface area contributed by atoms with Crippen LogP contribution in [-0.2, 0) is 19.1 Å². The Morgan fingerprint density at radius 1 is 1.15 bits per heavy atom. The van der Waals surface area contributed by atoms with Crippen molar-refractivity contribution in [1.29, 1.82) is 0 Å². The number of hydrogen-bond donors (Lipinski definition) is 2. The van der Waals surface area contributed by atoms with Crippen molar-refractivity contribution >= 4 is 17.9 Å². The Bertz CT molecular complexity index is 205. The molecule has 74 valence electrons. The van der Waals surface area contributed by atoms with Crippen molar-refractivity contribution in [2.75, 3.05) is 7.11 Å². The van der Waals surface area contributed by atoms with Crippen molar-refractivity contribution in [1.82, 2.24) is 0 Å². The van der Waals surface area contributed by atoms with Crippen LogP contribution in [0.25, 0.3) is 0 Å². The van der Waals surface area contributed by atoms with Crippen LogP contribution >= 0.6 is 0 Å². The number of carbonyl (C=O) groups is 3. The SMILES string of the molecule is COC(=O)C(CC(=O)O)CC(=O)O. The van der Waals surface area contributed by atoms with Gasteiger partial charge in [-0.3, -0.25) is 14.4 Å². The van der Waals surface area contributed by atoms with Gasteiger partial charge in [0.15, 0.2) is 0 Å². The van der Waals surface area contributed by atoms with Gasteiger partial charge in [0.2, 0.25) is 0 Å². The average Bonchev–Trinajstić information content (AvgIpc) is 2.00. The Hall–Kier alpha value is -1.59. The normalized spacial score (nSPS) is 9.69. The maximum Gasteiger partial charge on any atom is 0.309 e. The van der Waals surface area contributed by atoms with E-state index in [2.05, 4.69) is 4.74 Å². The number of methoxy groups -OCH3 is 1. The third-order valence-corrected chi connectivity index (χ3v) is 1.38. The van der Waals surface area contributed by atoms with E-state index in [1.807, 2.05) is 0 Å². The van der Waals surface area contributed by atoms with Gasteiger partial charge in [-0.1, -0.05) is 0 Å². The van der Waals surface area contributed by atoms with Gasteiger partial charge in [-0.25, -0.2) is 0 Å². The molecular weight excluding hydrogens is 180 g/mol. The second-order valence-corrected chi connectivity index (χ2v) is 2.42. The fourth-order valence-corrected chi connectivity index (χ4v) is 0.827. The van der Waals surface area contributed by atoms with Crippen molar-refractivity contribution in [3.8, 4) is 0 Å². The maximum absolute atomic E-state index is 10.8. The standard InChI is InChI=1S/C7H10O6/c1-13-7(12)4(2-5(8)9)3-6(10)11/h4H,2-3H2,1H3,(H,8,9)(H,10,11). The van der Waals surface area contributed by atoms with Gasteiger partial charge in [0.25, 0.3) is 0 Å². The number of aliphatic carboxylic acids is 2. The first kappa shape index (κ1) is 11.4. The molecule has 6 heteroatoms. The van der Waals surface area contributed by atoms with Crippen molar-refractivity contribution in [2.24, 2.45) is 5.92 Å². The zero-order chi connectivity index (χ0) is 10.4. The van der Waals surface area contributed by atoms with E-state index in [9.17, 15) is 14.4 Å². The summed E-state index contributed by atoms with van der Waals surface area (Å²) in [5.74, 6) is -4.38. The van der Waals surface area contributed by atoms with Crippen LogP contribution < -0.4 is 0 Å². The van der Waals surface area contributed by atoms with Crippen LogP contribution in [0.2, 0.25) is 0 Å². The van der Waals surface area contributed by atoms with Crippen LogP contribution in [0.15, 0.2) is 0 Å². The number of carboxylic acids is 2. The lowest BCUT2D eigenvalue weighted by atomic mass is 10.0. The highest BCUT2D eigenvalue weighted by atomic mass is 16.5. The Labute approximate surface area is 74.1 Å². The molecule has 13 heavy (non-hydrogen) atoms. The van der Waals surface area contributed by atoms with E-state index in [0.717, 1.165) is 7.11 Å².